The SMILES string of the molecule is CNC(=O)C[C@@H]1NC(=O)c2csc(n2)-c2ccc(-c3nc(C(=O)NCCC[N+]4([O-])CCOCC4)cs3)nc2-c2csc(n2)-c2csc(n2)C(C(O)c2ccccc2)NC(=O)CNC(=O)c2nc(sc2COC)[C@H](C(C)C)NC(=O)c2nc1sc2C. The van der Waals surface area contributed by atoms with Gasteiger partial charge >= 0.3 is 0 Å². The first-order valence-electron chi connectivity index (χ1n) is 26.8. The van der Waals surface area contributed by atoms with E-state index in [2.05, 4.69) is 36.9 Å². The average Bonchev–Trinajstić information content (AvgIpc) is 3.90. The summed E-state index contributed by atoms with van der Waals surface area (Å²) in [6, 6.07) is 9.50. The van der Waals surface area contributed by atoms with Crippen molar-refractivity contribution in [3.8, 4) is 43.4 Å². The molecule has 24 nitrogen and oxygen atoms in total. The molecule has 1 saturated heterocycles. The van der Waals surface area contributed by atoms with E-state index in [0.29, 0.717) is 120 Å². The Bertz CT molecular complexity index is 3740. The second kappa shape index (κ2) is 27.0. The van der Waals surface area contributed by atoms with Gasteiger partial charge in [0.1, 0.15) is 95.1 Å². The number of amides is 6. The normalized spacial score (nSPS) is 18.0. The lowest BCUT2D eigenvalue weighted by atomic mass is 10.0. The predicted molar refractivity (Wildman–Crippen MR) is 323 cm³/mol. The first-order chi connectivity index (χ1) is 41.0. The molecule has 444 valence electrons. The molecule has 0 radical (unpaired) electrons. The summed E-state index contributed by atoms with van der Waals surface area (Å²) in [6.07, 6.45) is -1.01. The number of ether oxygens (including phenoxy) is 2. The van der Waals surface area contributed by atoms with Gasteiger partial charge in [0.25, 0.3) is 23.6 Å². The number of nitrogens with one attached hydrogen (secondary N) is 6. The molecule has 30 heteroatoms. The molecule has 2 aliphatic heterocycles. The molecule has 0 spiro atoms. The van der Waals surface area contributed by atoms with E-state index < -0.39 is 66.2 Å². The van der Waals surface area contributed by atoms with Crippen molar-refractivity contribution in [2.45, 2.75) is 64.4 Å². The molecule has 8 aromatic rings. The summed E-state index contributed by atoms with van der Waals surface area (Å²) in [6.45, 7) is 7.19. The number of rotatable bonds is 13. The Morgan fingerprint density at radius 3 is 2.24 bits per heavy atom. The van der Waals surface area contributed by atoms with E-state index >= 15 is 0 Å². The Kier molecular flexibility index (Phi) is 19.3. The van der Waals surface area contributed by atoms with E-state index in [0.717, 1.165) is 11.3 Å². The highest BCUT2D eigenvalue weighted by Crippen LogP contribution is 2.40. The van der Waals surface area contributed by atoms with Gasteiger partial charge in [-0.25, -0.2) is 34.9 Å². The number of fused-ring (bicyclic) bond motifs is 14. The van der Waals surface area contributed by atoms with Crippen LogP contribution in [0.25, 0.3) is 43.4 Å². The van der Waals surface area contributed by atoms with Crippen molar-refractivity contribution < 1.29 is 48.0 Å². The van der Waals surface area contributed by atoms with Crippen LogP contribution in [0.15, 0.2) is 64.0 Å². The van der Waals surface area contributed by atoms with Gasteiger partial charge in [0.05, 0.1) is 62.0 Å². The largest absolute Gasteiger partial charge is 0.633 e. The third-order valence-corrected chi connectivity index (χ3v) is 19.5. The summed E-state index contributed by atoms with van der Waals surface area (Å²) < 4.78 is 10.4. The van der Waals surface area contributed by atoms with Crippen LogP contribution in [0.4, 0.5) is 0 Å². The number of hydrogen-bond donors (Lipinski definition) is 7. The van der Waals surface area contributed by atoms with Crippen molar-refractivity contribution in [2.24, 2.45) is 5.92 Å². The standard InChI is InChI=1S/C55H58N14O10S6/c1-27(2)40-55-68-43(37(85-55)22-78-5)48(75)58-21-39(71)65-44(45(72)29-10-7-6-8-11-29)54-64-36(26-83-54)52-61-33(23-81-52)42-30(12-13-31(59-42)51-63-34(24-82-51)46(73)57-14-9-15-69(77)16-18-79-19-17-69)50-62-35(25-80-50)47(74)60-32(20-38(70)56-4)53-67-41(28(3)84-53)49(76)66-40/h6-8,10-13,23-27,32,40,44-45,72H,9,14-22H2,1-5H3,(H,56,70)(H,57,73)(H,58,75)(H,60,74)(H,65,71)(H,66,76)/t32-,40-,44?,45?/m0/s1. The van der Waals surface area contributed by atoms with Crippen LogP contribution in [0.3, 0.4) is 0 Å². The number of carbonyl (C=O) groups excluding carboxylic acids is 6. The fraction of sp³-hybridized carbons (Fsp3) is 0.364. The molecule has 9 heterocycles. The number of aryl methyl sites for hydroxylation is 1. The van der Waals surface area contributed by atoms with E-state index in [1.165, 1.54) is 70.8 Å². The number of pyridine rings is 1. The monoisotopic (exact) mass is 1270 g/mol. The van der Waals surface area contributed by atoms with Gasteiger partial charge in [-0.15, -0.1) is 68.0 Å². The first-order valence-corrected chi connectivity index (χ1v) is 32.0. The minimum atomic E-state index is -1.28. The van der Waals surface area contributed by atoms with Crippen molar-refractivity contribution in [1.82, 2.24) is 66.8 Å². The Hall–Kier alpha value is -7.23. The molecule has 6 amide bonds. The maximum absolute atomic E-state index is 14.3. The van der Waals surface area contributed by atoms with E-state index in [4.69, 9.17) is 39.4 Å². The molecule has 85 heavy (non-hydrogen) atoms. The lowest BCUT2D eigenvalue weighted by Gasteiger charge is -2.45. The lowest BCUT2D eigenvalue weighted by Crippen LogP contribution is -2.51. The summed E-state index contributed by atoms with van der Waals surface area (Å²) in [5, 5.41) is 51.0. The summed E-state index contributed by atoms with van der Waals surface area (Å²) in [5.41, 5.74) is 2.86. The number of hydroxylamine groups is 3. The molecule has 7 aromatic heterocycles. The molecule has 1 aromatic carbocycles. The Balaban J connectivity index is 1.01. The maximum Gasteiger partial charge on any atom is 0.271 e. The van der Waals surface area contributed by atoms with Gasteiger partial charge in [0.2, 0.25) is 11.8 Å². The third kappa shape index (κ3) is 14.2. The number of aliphatic hydroxyl groups is 1. The van der Waals surface area contributed by atoms with Crippen molar-refractivity contribution in [2.75, 3.05) is 60.1 Å². The first kappa shape index (κ1) is 60.9. The molecule has 4 atom stereocenters. The molecule has 1 fully saturated rings. The average molecular weight is 1270 g/mol. The molecule has 0 aliphatic carbocycles. The van der Waals surface area contributed by atoms with Crippen LogP contribution in [-0.2, 0) is 25.7 Å². The maximum atomic E-state index is 14.3. The van der Waals surface area contributed by atoms with E-state index in [9.17, 15) is 39.1 Å². The molecule has 7 N–H and O–H groups in total. The Labute approximate surface area is 511 Å². The number of nitrogens with zero attached hydrogens (tertiary/aromatic N) is 8. The quantitative estimate of drug-likeness (QED) is 0.0355. The highest BCUT2D eigenvalue weighted by molar-refractivity contribution is 7.15. The fourth-order valence-corrected chi connectivity index (χ4v) is 14.8. The second-order valence-electron chi connectivity index (χ2n) is 20.1. The number of aromatic nitrogens is 7. The predicted octanol–water partition coefficient (Wildman–Crippen LogP) is 6.78. The van der Waals surface area contributed by atoms with Crippen LogP contribution >= 0.6 is 68.0 Å². The minimum absolute atomic E-state index is 0.00155. The van der Waals surface area contributed by atoms with Crippen LogP contribution in [0, 0.1) is 18.0 Å². The Morgan fingerprint density at radius 1 is 0.753 bits per heavy atom. The highest BCUT2D eigenvalue weighted by Gasteiger charge is 2.33. The number of hydrogen-bond acceptors (Lipinski definition) is 23. The molecular weight excluding hydrogens is 1210 g/mol. The smallest absolute Gasteiger partial charge is 0.271 e. The minimum Gasteiger partial charge on any atom is -0.633 e. The molecule has 10 bridgehead atoms. The Morgan fingerprint density at radius 2 is 1.47 bits per heavy atom. The summed E-state index contributed by atoms with van der Waals surface area (Å²) >= 11 is 7.16. The van der Waals surface area contributed by atoms with Crippen LogP contribution in [0.1, 0.15) is 123 Å². The molecular formula is C55H58N14O10S6. The van der Waals surface area contributed by atoms with Crippen molar-refractivity contribution >= 4 is 103 Å². The number of carbonyl (C=O) groups is 6. The van der Waals surface area contributed by atoms with Gasteiger partial charge in [0, 0.05) is 59.1 Å². The number of thiazole rings is 6. The number of quaternary nitrogens is 1. The van der Waals surface area contributed by atoms with Gasteiger partial charge in [-0.1, -0.05) is 44.2 Å². The zero-order valence-electron chi connectivity index (χ0n) is 46.5. The topological polar surface area (TPSA) is 327 Å². The summed E-state index contributed by atoms with van der Waals surface area (Å²) in [7, 11) is 2.94. The van der Waals surface area contributed by atoms with Gasteiger partial charge in [-0.3, -0.25) is 28.8 Å². The number of aliphatic hydroxyl groups excluding tert-OH is 1. The van der Waals surface area contributed by atoms with Crippen molar-refractivity contribution in [3.63, 3.8) is 0 Å². The van der Waals surface area contributed by atoms with Gasteiger partial charge in [-0.2, -0.15) is 0 Å². The van der Waals surface area contributed by atoms with E-state index in [1.807, 2.05) is 13.8 Å². The third-order valence-electron chi connectivity index (χ3n) is 13.8. The fourth-order valence-electron chi connectivity index (χ4n) is 9.25. The van der Waals surface area contributed by atoms with E-state index in [1.54, 1.807) is 70.9 Å². The van der Waals surface area contributed by atoms with Crippen LogP contribution in [0.2, 0.25) is 0 Å². The van der Waals surface area contributed by atoms with E-state index in [-0.39, 0.29) is 46.4 Å². The number of morpholine rings is 1. The van der Waals surface area contributed by atoms with Crippen LogP contribution < -0.4 is 31.9 Å². The van der Waals surface area contributed by atoms with Gasteiger partial charge in [0.15, 0.2) is 0 Å². The highest BCUT2D eigenvalue weighted by atomic mass is 32.1. The second-order valence-corrected chi connectivity index (χ2v) is 25.9. The number of benzene rings is 1. The van der Waals surface area contributed by atoms with Crippen LogP contribution in [0.5, 0.6) is 0 Å². The molecule has 2 unspecified atom stereocenters. The summed E-state index contributed by atoms with van der Waals surface area (Å²) in [4.78, 5) is 118. The zero-order chi connectivity index (χ0) is 59.9. The van der Waals surface area contributed by atoms with Crippen molar-refractivity contribution in [3.05, 3.63) is 122 Å². The lowest BCUT2D eigenvalue weighted by molar-refractivity contribution is -0.888. The molecule has 10 rings (SSSR count). The molecule has 2 aliphatic rings. The molecule has 0 saturated carbocycles. The van der Waals surface area contributed by atoms with Crippen LogP contribution in [-0.4, -0.2) is 140 Å². The van der Waals surface area contributed by atoms with Gasteiger partial charge < -0.3 is 56.3 Å². The zero-order valence-corrected chi connectivity index (χ0v) is 51.4. The van der Waals surface area contributed by atoms with Gasteiger partial charge in [-0.05, 0) is 30.5 Å². The summed E-state index contributed by atoms with van der Waals surface area (Å²) in [5.74, 6) is -3.53. The van der Waals surface area contributed by atoms with Crippen molar-refractivity contribution in [1.29, 1.82) is 0 Å². The number of methoxy groups -OCH3 is 1.